The van der Waals surface area contributed by atoms with E-state index in [0.717, 1.165) is 20.5 Å². The standard InChI is InChI=1S/C9H12O6/c1-4-15-5-6(8(11)13-2)7(10)9(12)14-3/h5H,4H2,1-3H3/b6-5-. The Bertz CT molecular complexity index is 291. The van der Waals surface area contributed by atoms with E-state index in [1.807, 2.05) is 0 Å². The quantitative estimate of drug-likeness (QED) is 0.158. The minimum atomic E-state index is -1.15. The van der Waals surface area contributed by atoms with E-state index in [1.54, 1.807) is 6.92 Å². The molecule has 0 aromatic carbocycles. The van der Waals surface area contributed by atoms with E-state index in [4.69, 9.17) is 4.74 Å². The summed E-state index contributed by atoms with van der Waals surface area (Å²) in [5, 5.41) is 0. The number of carbonyl (C=O) groups is 3. The normalized spacial score (nSPS) is 10.5. The third-order valence-corrected chi connectivity index (χ3v) is 1.39. The van der Waals surface area contributed by atoms with Crippen molar-refractivity contribution in [2.75, 3.05) is 20.8 Å². The van der Waals surface area contributed by atoms with Gasteiger partial charge in [0.2, 0.25) is 0 Å². The Balaban J connectivity index is 4.86. The molecule has 0 spiro atoms. The van der Waals surface area contributed by atoms with Gasteiger partial charge < -0.3 is 14.2 Å². The number of hydrogen-bond donors (Lipinski definition) is 0. The average Bonchev–Trinajstić information content (AvgIpc) is 2.27. The summed E-state index contributed by atoms with van der Waals surface area (Å²) >= 11 is 0. The van der Waals surface area contributed by atoms with Gasteiger partial charge in [-0.05, 0) is 6.92 Å². The van der Waals surface area contributed by atoms with Crippen molar-refractivity contribution in [2.45, 2.75) is 6.92 Å². The predicted molar refractivity (Wildman–Crippen MR) is 48.7 cm³/mol. The maximum Gasteiger partial charge on any atom is 0.379 e. The summed E-state index contributed by atoms with van der Waals surface area (Å²) in [4.78, 5) is 33.2. The summed E-state index contributed by atoms with van der Waals surface area (Å²) < 4.78 is 13.2. The van der Waals surface area contributed by atoms with Crippen molar-refractivity contribution in [1.29, 1.82) is 0 Å². The zero-order valence-corrected chi connectivity index (χ0v) is 8.73. The van der Waals surface area contributed by atoms with Crippen LogP contribution in [0.4, 0.5) is 0 Å². The first-order valence-electron chi connectivity index (χ1n) is 4.11. The molecule has 0 atom stereocenters. The highest BCUT2D eigenvalue weighted by Gasteiger charge is 2.26. The molecular formula is C9H12O6. The first kappa shape index (κ1) is 13.2. The second-order valence-corrected chi connectivity index (χ2v) is 2.30. The number of ketones is 1. The molecule has 0 heterocycles. The largest absolute Gasteiger partial charge is 0.500 e. The van der Waals surface area contributed by atoms with Gasteiger partial charge >= 0.3 is 11.9 Å². The van der Waals surface area contributed by atoms with Crippen molar-refractivity contribution >= 4 is 17.7 Å². The number of ether oxygens (including phenoxy) is 3. The van der Waals surface area contributed by atoms with Crippen LogP contribution in [0.3, 0.4) is 0 Å². The zero-order chi connectivity index (χ0) is 11.8. The molecule has 0 bridgehead atoms. The summed E-state index contributed by atoms with van der Waals surface area (Å²) in [6.07, 6.45) is 0.880. The molecule has 0 fully saturated rings. The molecule has 0 rings (SSSR count). The maximum atomic E-state index is 11.3. The summed E-state index contributed by atoms with van der Waals surface area (Å²) in [6.45, 7) is 1.92. The van der Waals surface area contributed by atoms with Gasteiger partial charge in [0.05, 0.1) is 20.8 Å². The summed E-state index contributed by atoms with van der Waals surface area (Å²) in [5.41, 5.74) is -0.494. The lowest BCUT2D eigenvalue weighted by atomic mass is 10.2. The molecule has 6 heteroatoms. The lowest BCUT2D eigenvalue weighted by Crippen LogP contribution is -2.23. The Labute approximate surface area is 86.8 Å². The molecule has 15 heavy (non-hydrogen) atoms. The number of esters is 2. The van der Waals surface area contributed by atoms with Crippen molar-refractivity contribution in [1.82, 2.24) is 0 Å². The molecule has 0 aliphatic rings. The first-order valence-corrected chi connectivity index (χ1v) is 4.11. The number of rotatable bonds is 5. The average molecular weight is 216 g/mol. The van der Waals surface area contributed by atoms with Crippen molar-refractivity contribution in [3.05, 3.63) is 11.8 Å². The second kappa shape index (κ2) is 6.58. The van der Waals surface area contributed by atoms with Crippen LogP contribution in [-0.4, -0.2) is 38.5 Å². The smallest absolute Gasteiger partial charge is 0.379 e. The minimum Gasteiger partial charge on any atom is -0.500 e. The lowest BCUT2D eigenvalue weighted by Gasteiger charge is -2.03. The number of carbonyl (C=O) groups excluding carboxylic acids is 3. The Morgan fingerprint density at radius 3 is 2.00 bits per heavy atom. The van der Waals surface area contributed by atoms with Crippen molar-refractivity contribution in [3.63, 3.8) is 0 Å². The van der Waals surface area contributed by atoms with Crippen LogP contribution in [0.5, 0.6) is 0 Å². The Morgan fingerprint density at radius 2 is 1.60 bits per heavy atom. The fourth-order valence-electron chi connectivity index (χ4n) is 0.674. The molecule has 0 radical (unpaired) electrons. The van der Waals surface area contributed by atoms with E-state index < -0.39 is 23.3 Å². The van der Waals surface area contributed by atoms with Crippen LogP contribution in [0.2, 0.25) is 0 Å². The highest BCUT2D eigenvalue weighted by Crippen LogP contribution is 2.02. The minimum absolute atomic E-state index is 0.259. The SMILES string of the molecule is CCO/C=C(\C(=O)OC)C(=O)C(=O)OC. The van der Waals surface area contributed by atoms with Gasteiger partial charge in [-0.2, -0.15) is 0 Å². The van der Waals surface area contributed by atoms with E-state index >= 15 is 0 Å². The Morgan fingerprint density at radius 1 is 1.07 bits per heavy atom. The summed E-state index contributed by atoms with van der Waals surface area (Å²) in [5.74, 6) is -3.19. The van der Waals surface area contributed by atoms with Gasteiger partial charge in [0.1, 0.15) is 11.8 Å². The highest BCUT2D eigenvalue weighted by atomic mass is 16.5. The van der Waals surface area contributed by atoms with Gasteiger partial charge in [0.15, 0.2) is 0 Å². The van der Waals surface area contributed by atoms with Crippen LogP contribution in [0.15, 0.2) is 11.8 Å². The molecule has 0 aromatic rings. The molecule has 0 aliphatic heterocycles. The number of hydrogen-bond acceptors (Lipinski definition) is 6. The highest BCUT2D eigenvalue weighted by molar-refractivity contribution is 6.46. The molecule has 6 nitrogen and oxygen atoms in total. The monoisotopic (exact) mass is 216 g/mol. The molecule has 0 N–H and O–H groups in total. The van der Waals surface area contributed by atoms with Crippen molar-refractivity contribution < 1.29 is 28.6 Å². The molecule has 84 valence electrons. The van der Waals surface area contributed by atoms with Crippen molar-refractivity contribution in [3.8, 4) is 0 Å². The van der Waals surface area contributed by atoms with Gasteiger partial charge in [0.25, 0.3) is 5.78 Å². The van der Waals surface area contributed by atoms with Crippen molar-refractivity contribution in [2.24, 2.45) is 0 Å². The summed E-state index contributed by atoms with van der Waals surface area (Å²) in [6, 6.07) is 0. The Kier molecular flexibility index (Phi) is 5.77. The van der Waals surface area contributed by atoms with Gasteiger partial charge in [-0.1, -0.05) is 0 Å². The summed E-state index contributed by atoms with van der Waals surface area (Å²) in [7, 11) is 2.13. The van der Waals surface area contributed by atoms with Gasteiger partial charge in [-0.15, -0.1) is 0 Å². The lowest BCUT2D eigenvalue weighted by molar-refractivity contribution is -0.152. The Hall–Kier alpha value is -1.85. The number of Topliss-reactive ketones (excluding diaryl/α,β-unsaturated/α-hetero) is 1. The third-order valence-electron chi connectivity index (χ3n) is 1.39. The molecule has 0 aliphatic carbocycles. The topological polar surface area (TPSA) is 78.9 Å². The fourth-order valence-corrected chi connectivity index (χ4v) is 0.674. The maximum absolute atomic E-state index is 11.3. The van der Waals surface area contributed by atoms with Crippen LogP contribution in [0.25, 0.3) is 0 Å². The van der Waals surface area contributed by atoms with Crippen LogP contribution in [0, 0.1) is 0 Å². The first-order chi connectivity index (χ1) is 7.08. The van der Waals surface area contributed by atoms with E-state index in [-0.39, 0.29) is 6.61 Å². The van der Waals surface area contributed by atoms with E-state index in [2.05, 4.69) is 9.47 Å². The third kappa shape index (κ3) is 3.80. The van der Waals surface area contributed by atoms with Crippen LogP contribution < -0.4 is 0 Å². The van der Waals surface area contributed by atoms with Gasteiger partial charge in [-0.3, -0.25) is 4.79 Å². The zero-order valence-electron chi connectivity index (χ0n) is 8.73. The van der Waals surface area contributed by atoms with E-state index in [1.165, 1.54) is 0 Å². The molecule has 0 amide bonds. The van der Waals surface area contributed by atoms with E-state index in [9.17, 15) is 14.4 Å². The molecule has 0 saturated carbocycles. The van der Waals surface area contributed by atoms with E-state index in [0.29, 0.717) is 0 Å². The number of methoxy groups -OCH3 is 2. The predicted octanol–water partition coefficient (Wildman–Crippen LogP) is -0.178. The molecular weight excluding hydrogens is 204 g/mol. The molecule has 0 aromatic heterocycles. The molecule has 0 saturated heterocycles. The molecule has 0 unspecified atom stereocenters. The van der Waals surface area contributed by atoms with Gasteiger partial charge in [-0.25, -0.2) is 9.59 Å². The second-order valence-electron chi connectivity index (χ2n) is 2.30. The fraction of sp³-hybridized carbons (Fsp3) is 0.444. The van der Waals surface area contributed by atoms with Crippen LogP contribution >= 0.6 is 0 Å². The van der Waals surface area contributed by atoms with Gasteiger partial charge in [0, 0.05) is 0 Å². The van der Waals surface area contributed by atoms with Crippen LogP contribution in [0.1, 0.15) is 6.92 Å². The van der Waals surface area contributed by atoms with Crippen LogP contribution in [-0.2, 0) is 28.6 Å².